The maximum Gasteiger partial charge on any atom is 0.242 e. The van der Waals surface area contributed by atoms with Gasteiger partial charge in [0, 0.05) is 23.4 Å². The van der Waals surface area contributed by atoms with Crippen molar-refractivity contribution in [2.45, 2.75) is 66.0 Å². The Labute approximate surface area is 190 Å². The fourth-order valence-electron chi connectivity index (χ4n) is 4.12. The van der Waals surface area contributed by atoms with Gasteiger partial charge in [0.15, 0.2) is 0 Å². The van der Waals surface area contributed by atoms with E-state index in [2.05, 4.69) is 24.4 Å². The molecule has 1 atom stereocenters. The zero-order valence-electron chi connectivity index (χ0n) is 19.5. The minimum atomic E-state index is -0.406. The normalized spacial score (nSPS) is 16.1. The highest BCUT2D eigenvalue weighted by molar-refractivity contribution is 7.10. The van der Waals surface area contributed by atoms with Crippen LogP contribution in [0.5, 0.6) is 5.75 Å². The molecule has 1 aliphatic rings. The van der Waals surface area contributed by atoms with Crippen LogP contribution in [-0.4, -0.2) is 46.8 Å². The van der Waals surface area contributed by atoms with Crippen molar-refractivity contribution in [2.24, 2.45) is 0 Å². The summed E-state index contributed by atoms with van der Waals surface area (Å²) in [5.41, 5.74) is 3.05. The predicted octanol–water partition coefficient (Wildman–Crippen LogP) is 4.91. The third-order valence-electron chi connectivity index (χ3n) is 5.85. The number of hydrogen-bond donors (Lipinski definition) is 0. The van der Waals surface area contributed by atoms with Crippen LogP contribution in [0.25, 0.3) is 0 Å². The van der Waals surface area contributed by atoms with Gasteiger partial charge in [0.25, 0.3) is 0 Å². The van der Waals surface area contributed by atoms with Gasteiger partial charge in [-0.2, -0.15) is 0 Å². The van der Waals surface area contributed by atoms with E-state index in [4.69, 9.17) is 4.74 Å². The average molecular weight is 443 g/mol. The molecule has 1 aromatic heterocycles. The van der Waals surface area contributed by atoms with Crippen molar-refractivity contribution in [3.05, 3.63) is 51.2 Å². The number of rotatable bonds is 6. The summed E-state index contributed by atoms with van der Waals surface area (Å²) in [5, 5.41) is 2.09. The first kappa shape index (κ1) is 23.3. The highest BCUT2D eigenvalue weighted by Gasteiger charge is 2.35. The van der Waals surface area contributed by atoms with Crippen LogP contribution in [0.3, 0.4) is 0 Å². The first-order chi connectivity index (χ1) is 14.6. The Balaban J connectivity index is 1.82. The van der Waals surface area contributed by atoms with Gasteiger partial charge in [-0.05, 0) is 69.7 Å². The van der Waals surface area contributed by atoms with Crippen molar-refractivity contribution in [1.29, 1.82) is 0 Å². The van der Waals surface area contributed by atoms with Gasteiger partial charge >= 0.3 is 0 Å². The topological polar surface area (TPSA) is 49.9 Å². The molecule has 0 spiro atoms. The first-order valence-corrected chi connectivity index (χ1v) is 11.9. The summed E-state index contributed by atoms with van der Waals surface area (Å²) in [6.45, 7) is 13.0. The monoisotopic (exact) mass is 442 g/mol. The molecule has 6 heteroatoms. The van der Waals surface area contributed by atoms with Gasteiger partial charge in [0.1, 0.15) is 18.9 Å². The van der Waals surface area contributed by atoms with Gasteiger partial charge in [-0.25, -0.2) is 0 Å². The van der Waals surface area contributed by atoms with Crippen molar-refractivity contribution in [3.63, 3.8) is 0 Å². The third kappa shape index (κ3) is 5.29. The summed E-state index contributed by atoms with van der Waals surface area (Å²) in [5.74, 6) is 0.817. The molecule has 0 fully saturated rings. The fraction of sp³-hybridized carbons (Fsp3) is 0.520. The second-order valence-corrected chi connectivity index (χ2v) is 10.2. The van der Waals surface area contributed by atoms with E-state index in [1.165, 1.54) is 16.0 Å². The Morgan fingerprint density at radius 2 is 1.97 bits per heavy atom. The summed E-state index contributed by atoms with van der Waals surface area (Å²) in [4.78, 5) is 30.9. The summed E-state index contributed by atoms with van der Waals surface area (Å²) < 4.78 is 6.21. The van der Waals surface area contributed by atoms with E-state index < -0.39 is 5.54 Å². The lowest BCUT2D eigenvalue weighted by molar-refractivity contribution is -0.146. The molecular weight excluding hydrogens is 408 g/mol. The Hall–Kier alpha value is -2.34. The molecule has 0 saturated carbocycles. The Bertz CT molecular complexity index is 944. The molecule has 0 N–H and O–H groups in total. The Kier molecular flexibility index (Phi) is 7.10. The van der Waals surface area contributed by atoms with Crippen LogP contribution in [0, 0.1) is 13.8 Å². The fourth-order valence-corrected chi connectivity index (χ4v) is 5.05. The van der Waals surface area contributed by atoms with Crippen LogP contribution in [0.4, 0.5) is 0 Å². The standard InChI is InChI=1S/C25H34N2O3S/c1-7-23(28)27(25(4,5)6)15-24(29)26-12-10-22-19(11-13-31-22)20(26)16-30-21-9-8-17(2)14-18(21)3/h8-9,11,13-14,20H,7,10,12,15-16H2,1-6H3. The molecule has 2 heterocycles. The highest BCUT2D eigenvalue weighted by Crippen LogP contribution is 2.34. The number of aryl methyl sites for hydroxylation is 2. The predicted molar refractivity (Wildman–Crippen MR) is 126 cm³/mol. The summed E-state index contributed by atoms with van der Waals surface area (Å²) in [6.07, 6.45) is 1.23. The van der Waals surface area contributed by atoms with E-state index >= 15 is 0 Å². The molecule has 1 aromatic carbocycles. The molecule has 0 aliphatic carbocycles. The van der Waals surface area contributed by atoms with E-state index in [-0.39, 0.29) is 24.4 Å². The van der Waals surface area contributed by atoms with Gasteiger partial charge in [-0.1, -0.05) is 24.6 Å². The van der Waals surface area contributed by atoms with Crippen molar-refractivity contribution in [3.8, 4) is 5.75 Å². The molecular formula is C25H34N2O3S. The SMILES string of the molecule is CCC(=O)N(CC(=O)N1CCc2sccc2C1COc1ccc(C)cc1C)C(C)(C)C. The number of fused-ring (bicyclic) bond motifs is 1. The minimum absolute atomic E-state index is 0.00263. The number of amides is 2. The van der Waals surface area contributed by atoms with Crippen molar-refractivity contribution < 1.29 is 14.3 Å². The Morgan fingerprint density at radius 3 is 2.61 bits per heavy atom. The lowest BCUT2D eigenvalue weighted by Crippen LogP contribution is -2.53. The number of ether oxygens (including phenoxy) is 1. The molecule has 2 amide bonds. The number of benzene rings is 1. The lowest BCUT2D eigenvalue weighted by atomic mass is 9.99. The molecule has 0 bridgehead atoms. The number of carbonyl (C=O) groups is 2. The largest absolute Gasteiger partial charge is 0.491 e. The van der Waals surface area contributed by atoms with Crippen molar-refractivity contribution in [2.75, 3.05) is 19.7 Å². The van der Waals surface area contributed by atoms with Gasteiger partial charge in [0.2, 0.25) is 11.8 Å². The van der Waals surface area contributed by atoms with Gasteiger partial charge < -0.3 is 14.5 Å². The molecule has 0 radical (unpaired) electrons. The van der Waals surface area contributed by atoms with Crippen LogP contribution >= 0.6 is 11.3 Å². The number of carbonyl (C=O) groups excluding carboxylic acids is 2. The van der Waals surface area contributed by atoms with Crippen LogP contribution < -0.4 is 4.74 Å². The second kappa shape index (κ2) is 9.43. The number of thiophene rings is 1. The van der Waals surface area contributed by atoms with Crippen LogP contribution in [0.15, 0.2) is 29.6 Å². The summed E-state index contributed by atoms with van der Waals surface area (Å²) in [7, 11) is 0. The average Bonchev–Trinajstić information content (AvgIpc) is 3.18. The van der Waals surface area contributed by atoms with Crippen LogP contribution in [0.1, 0.15) is 61.7 Å². The second-order valence-electron chi connectivity index (χ2n) is 9.24. The zero-order chi connectivity index (χ0) is 22.8. The summed E-state index contributed by atoms with van der Waals surface area (Å²) in [6, 6.07) is 8.09. The first-order valence-electron chi connectivity index (χ1n) is 11.0. The smallest absolute Gasteiger partial charge is 0.242 e. The lowest BCUT2D eigenvalue weighted by Gasteiger charge is -2.40. The van der Waals surface area contributed by atoms with Crippen LogP contribution in [-0.2, 0) is 16.0 Å². The molecule has 1 aliphatic heterocycles. The Morgan fingerprint density at radius 1 is 1.23 bits per heavy atom. The minimum Gasteiger partial charge on any atom is -0.491 e. The quantitative estimate of drug-likeness (QED) is 0.639. The third-order valence-corrected chi connectivity index (χ3v) is 6.85. The molecule has 2 aromatic rings. The molecule has 1 unspecified atom stereocenters. The van der Waals surface area contributed by atoms with E-state index in [0.717, 1.165) is 17.7 Å². The maximum atomic E-state index is 13.4. The maximum absolute atomic E-state index is 13.4. The van der Waals surface area contributed by atoms with Gasteiger partial charge in [-0.3, -0.25) is 9.59 Å². The van der Waals surface area contributed by atoms with E-state index in [0.29, 0.717) is 19.6 Å². The van der Waals surface area contributed by atoms with Crippen molar-refractivity contribution in [1.82, 2.24) is 9.80 Å². The molecule has 3 rings (SSSR count). The highest BCUT2D eigenvalue weighted by atomic mass is 32.1. The van der Waals surface area contributed by atoms with Gasteiger partial charge in [0.05, 0.1) is 6.04 Å². The number of nitrogens with zero attached hydrogens (tertiary/aromatic N) is 2. The molecule has 5 nitrogen and oxygen atoms in total. The number of hydrogen-bond acceptors (Lipinski definition) is 4. The molecule has 31 heavy (non-hydrogen) atoms. The zero-order valence-corrected chi connectivity index (χ0v) is 20.3. The van der Waals surface area contributed by atoms with Crippen molar-refractivity contribution >= 4 is 23.2 Å². The summed E-state index contributed by atoms with van der Waals surface area (Å²) >= 11 is 1.74. The van der Waals surface area contributed by atoms with E-state index in [1.54, 1.807) is 16.2 Å². The van der Waals surface area contributed by atoms with E-state index in [9.17, 15) is 9.59 Å². The molecule has 0 saturated heterocycles. The van der Waals surface area contributed by atoms with E-state index in [1.807, 2.05) is 51.7 Å². The van der Waals surface area contributed by atoms with Gasteiger partial charge in [-0.15, -0.1) is 11.3 Å². The van der Waals surface area contributed by atoms with Crippen LogP contribution in [0.2, 0.25) is 0 Å². The molecule has 168 valence electrons.